The summed E-state index contributed by atoms with van der Waals surface area (Å²) in [6, 6.07) is 2.02. The van der Waals surface area contributed by atoms with Crippen molar-refractivity contribution < 1.29 is 26.9 Å². The number of carbonyl (C=O) groups excluding carboxylic acids is 1. The van der Waals surface area contributed by atoms with Gasteiger partial charge in [0, 0.05) is 13.1 Å². The highest BCUT2D eigenvalue weighted by Gasteiger charge is 2.42. The van der Waals surface area contributed by atoms with Crippen LogP contribution in [0.4, 0.5) is 23.8 Å². The molecular weight excluding hydrogens is 437 g/mol. The van der Waals surface area contributed by atoms with Crippen molar-refractivity contribution >= 4 is 28.7 Å². The molecule has 1 aromatic rings. The zero-order valence-electron chi connectivity index (χ0n) is 17.7. The minimum absolute atomic E-state index is 0.124. The molecule has 2 rings (SSSR count). The average Bonchev–Trinajstić information content (AvgIpc) is 2.85. The van der Waals surface area contributed by atoms with E-state index in [0.717, 1.165) is 23.4 Å². The number of hydrogen-bond donors (Lipinski definition) is 3. The van der Waals surface area contributed by atoms with Gasteiger partial charge in [0.05, 0.1) is 0 Å². The number of pyridine rings is 1. The van der Waals surface area contributed by atoms with Gasteiger partial charge in [-0.3, -0.25) is 9.62 Å². The third-order valence-electron chi connectivity index (χ3n) is 4.17. The molecule has 0 aromatic carbocycles. The molecule has 0 spiro atoms. The lowest BCUT2D eigenvalue weighted by atomic mass is 9.98. The summed E-state index contributed by atoms with van der Waals surface area (Å²) in [5, 5.41) is 2.27. The second-order valence-corrected chi connectivity index (χ2v) is 9.30. The summed E-state index contributed by atoms with van der Waals surface area (Å²) in [7, 11) is -2.42. The van der Waals surface area contributed by atoms with Gasteiger partial charge in [-0.1, -0.05) is 0 Å². The molecule has 31 heavy (non-hydrogen) atoms. The van der Waals surface area contributed by atoms with Crippen molar-refractivity contribution in [3.8, 4) is 0 Å². The van der Waals surface area contributed by atoms with Crippen LogP contribution in [0.2, 0.25) is 0 Å². The molecule has 1 aliphatic rings. The van der Waals surface area contributed by atoms with E-state index >= 15 is 0 Å². The Morgan fingerprint density at radius 2 is 2.00 bits per heavy atom. The number of alkyl halides is 2. The van der Waals surface area contributed by atoms with E-state index in [9.17, 15) is 22.2 Å². The Bertz CT molecular complexity index is 931. The molecule has 1 aromatic heterocycles. The van der Waals surface area contributed by atoms with Crippen molar-refractivity contribution in [2.45, 2.75) is 58.1 Å². The van der Waals surface area contributed by atoms with Crippen LogP contribution in [0.3, 0.4) is 0 Å². The van der Waals surface area contributed by atoms with Crippen LogP contribution in [0.1, 0.15) is 46.2 Å². The van der Waals surface area contributed by atoms with Crippen molar-refractivity contribution in [2.75, 3.05) is 18.8 Å². The Hall–Kier alpha value is -2.57. The van der Waals surface area contributed by atoms with Crippen LogP contribution in [-0.4, -0.2) is 50.7 Å². The molecule has 0 bridgehead atoms. The number of amides is 1. The molecule has 0 saturated heterocycles. The van der Waals surface area contributed by atoms with Gasteiger partial charge in [-0.2, -0.15) is 0 Å². The number of aliphatic imine (C=N–C) groups is 1. The van der Waals surface area contributed by atoms with Crippen LogP contribution in [0.25, 0.3) is 0 Å². The molecule has 0 radical (unpaired) electrons. The van der Waals surface area contributed by atoms with E-state index in [1.807, 2.05) is 0 Å². The van der Waals surface area contributed by atoms with Crippen molar-refractivity contribution in [1.82, 2.24) is 14.6 Å². The number of nitrogens with one attached hydrogen (secondary N) is 1. The largest absolute Gasteiger partial charge is 0.444 e. The summed E-state index contributed by atoms with van der Waals surface area (Å²) in [4.78, 5) is 20.0. The summed E-state index contributed by atoms with van der Waals surface area (Å²) >= 11 is 0. The van der Waals surface area contributed by atoms with Crippen LogP contribution >= 0.6 is 0 Å². The minimum Gasteiger partial charge on any atom is -0.444 e. The number of aromatic nitrogens is 1. The SMILES string of the molecule is CC(C)(C)OC(=O)N/C(=N/[C@@](C)(c1nc(N)ccc1F)C(F)F)N1CCCCN=[SH]1=O. The maximum Gasteiger partial charge on any atom is 0.414 e. The topological polar surface area (TPSA) is 122 Å². The number of alkyl carbamates (subject to hydrolysis) is 1. The number of ether oxygens (including phenoxy) is 1. The van der Waals surface area contributed by atoms with Gasteiger partial charge in [-0.15, -0.1) is 0 Å². The molecule has 3 N–H and O–H groups in total. The van der Waals surface area contributed by atoms with Gasteiger partial charge < -0.3 is 10.5 Å². The average molecular weight is 465 g/mol. The normalized spacial score (nSPS) is 19.9. The van der Waals surface area contributed by atoms with Crippen molar-refractivity contribution in [3.05, 3.63) is 23.6 Å². The van der Waals surface area contributed by atoms with Crippen LogP contribution in [-0.2, 0) is 21.1 Å². The molecule has 1 unspecified atom stereocenters. The van der Waals surface area contributed by atoms with Crippen LogP contribution in [0.15, 0.2) is 21.5 Å². The molecule has 0 aliphatic carbocycles. The first-order valence-electron chi connectivity index (χ1n) is 9.56. The number of rotatable bonds is 3. The number of nitrogens with two attached hydrogens (primary N) is 1. The fourth-order valence-corrected chi connectivity index (χ4v) is 3.70. The number of thiol groups is 1. The Morgan fingerprint density at radius 3 is 2.61 bits per heavy atom. The van der Waals surface area contributed by atoms with E-state index in [0.29, 0.717) is 19.4 Å². The smallest absolute Gasteiger partial charge is 0.414 e. The number of halogens is 3. The molecule has 174 valence electrons. The maximum atomic E-state index is 14.4. The lowest BCUT2D eigenvalue weighted by Crippen LogP contribution is -2.48. The maximum absolute atomic E-state index is 14.4. The third kappa shape index (κ3) is 6.45. The summed E-state index contributed by atoms with van der Waals surface area (Å²) in [5.74, 6) is -1.72. The van der Waals surface area contributed by atoms with Crippen LogP contribution in [0, 0.1) is 5.82 Å². The molecule has 13 heteroatoms. The first-order chi connectivity index (χ1) is 14.3. The molecular formula is C18H27F3N6O3S. The zero-order valence-corrected chi connectivity index (χ0v) is 18.6. The van der Waals surface area contributed by atoms with Gasteiger partial charge in [-0.05, 0) is 52.7 Å². The molecule has 2 atom stereocenters. The van der Waals surface area contributed by atoms with E-state index in [2.05, 4.69) is 19.7 Å². The van der Waals surface area contributed by atoms with Gasteiger partial charge in [0.1, 0.15) is 33.7 Å². The third-order valence-corrected chi connectivity index (χ3v) is 5.42. The standard InChI is InChI=1S/C18H27F3N6O3S/c1-17(2,3)30-16(28)25-15(27-10-6-5-9-23-31(27)29)26-18(4,14(20)21)13-11(19)7-8-12(22)24-13/h7-8,14,31H,5-6,9-10H2,1-4H3,(H2,22,24)(H,25,26,28)/t18-/m0/s1. The van der Waals surface area contributed by atoms with Crippen LogP contribution < -0.4 is 11.1 Å². The van der Waals surface area contributed by atoms with Gasteiger partial charge in [0.25, 0.3) is 6.43 Å². The van der Waals surface area contributed by atoms with Gasteiger partial charge >= 0.3 is 6.09 Å². The summed E-state index contributed by atoms with van der Waals surface area (Å²) in [6.45, 7) is 6.21. The number of carbonyl (C=O) groups is 1. The minimum atomic E-state index is -3.24. The molecule has 0 saturated carbocycles. The first kappa shape index (κ1) is 24.7. The lowest BCUT2D eigenvalue weighted by Gasteiger charge is -2.29. The first-order valence-corrected chi connectivity index (χ1v) is 10.7. The number of nitrogen functional groups attached to an aromatic ring is 1. The van der Waals surface area contributed by atoms with E-state index in [-0.39, 0.29) is 12.4 Å². The Balaban J connectivity index is 2.61. The van der Waals surface area contributed by atoms with Crippen molar-refractivity contribution in [3.63, 3.8) is 0 Å². The number of guanidine groups is 1. The monoisotopic (exact) mass is 464 g/mol. The summed E-state index contributed by atoms with van der Waals surface area (Å²) < 4.78 is 65.6. The summed E-state index contributed by atoms with van der Waals surface area (Å²) in [6.07, 6.45) is -3.10. The fraction of sp³-hybridized carbons (Fsp3) is 0.611. The summed E-state index contributed by atoms with van der Waals surface area (Å²) in [5.41, 5.74) is 1.40. The van der Waals surface area contributed by atoms with E-state index in [1.54, 1.807) is 20.8 Å². The molecule has 9 nitrogen and oxygen atoms in total. The fourth-order valence-electron chi connectivity index (χ4n) is 2.66. The highest BCUT2D eigenvalue weighted by molar-refractivity contribution is 7.73. The van der Waals surface area contributed by atoms with E-state index < -0.39 is 51.9 Å². The van der Waals surface area contributed by atoms with Crippen molar-refractivity contribution in [1.29, 1.82) is 0 Å². The second-order valence-electron chi connectivity index (χ2n) is 8.03. The molecule has 0 fully saturated rings. The number of hydrogen-bond acceptors (Lipinski definition) is 7. The molecule has 1 amide bonds. The predicted octanol–water partition coefficient (Wildman–Crippen LogP) is 2.84. The zero-order chi connectivity index (χ0) is 23.4. The lowest BCUT2D eigenvalue weighted by molar-refractivity contribution is 0.0531. The Morgan fingerprint density at radius 1 is 1.32 bits per heavy atom. The number of nitrogens with zero attached hydrogens (tertiary/aromatic N) is 4. The highest BCUT2D eigenvalue weighted by Crippen LogP contribution is 2.34. The highest BCUT2D eigenvalue weighted by atomic mass is 32.2. The Labute approximate surface area is 180 Å². The van der Waals surface area contributed by atoms with Gasteiger partial charge in [0.2, 0.25) is 5.96 Å². The molecule has 2 heterocycles. The van der Waals surface area contributed by atoms with Crippen LogP contribution in [0.5, 0.6) is 0 Å². The molecule has 1 aliphatic heterocycles. The number of anilines is 1. The van der Waals surface area contributed by atoms with Gasteiger partial charge in [0.15, 0.2) is 5.54 Å². The quantitative estimate of drug-likeness (QED) is 0.361. The van der Waals surface area contributed by atoms with E-state index in [1.165, 1.54) is 0 Å². The predicted molar refractivity (Wildman–Crippen MR) is 112 cm³/mol. The Kier molecular flexibility index (Phi) is 7.73. The van der Waals surface area contributed by atoms with E-state index in [4.69, 9.17) is 10.5 Å². The van der Waals surface area contributed by atoms with Gasteiger partial charge in [-0.25, -0.2) is 36.5 Å². The second kappa shape index (κ2) is 9.71. The van der Waals surface area contributed by atoms with Crippen molar-refractivity contribution in [2.24, 2.45) is 9.36 Å².